The van der Waals surface area contributed by atoms with Crippen molar-refractivity contribution in [2.45, 2.75) is 57.7 Å². The molecule has 0 N–H and O–H groups in total. The Bertz CT molecular complexity index is 1530. The average Bonchev–Trinajstić information content (AvgIpc) is 3.28. The minimum absolute atomic E-state index is 0.0547. The summed E-state index contributed by atoms with van der Waals surface area (Å²) in [5, 5.41) is 6.48. The first-order chi connectivity index (χ1) is 18.4. The molecule has 2 saturated carbocycles. The normalized spacial score (nSPS) is 22.9. The number of fused-ring (bicyclic) bond motifs is 1. The Balaban J connectivity index is 1.02. The lowest BCUT2D eigenvalue weighted by molar-refractivity contribution is -0.0796. The number of ketones is 1. The number of carbonyl (C=O) groups excluding carboxylic acids is 1. The first-order valence-electron chi connectivity index (χ1n) is 13.2. The Hall–Kier alpha value is -2.80. The van der Waals surface area contributed by atoms with Crippen LogP contribution in [0.25, 0.3) is 22.2 Å². The zero-order valence-electron chi connectivity index (χ0n) is 21.1. The van der Waals surface area contributed by atoms with Crippen LogP contribution < -0.4 is 4.90 Å². The van der Waals surface area contributed by atoms with Crippen molar-refractivity contribution < 1.29 is 18.5 Å². The number of hydrogen-bond donors (Lipinski definition) is 0. The summed E-state index contributed by atoms with van der Waals surface area (Å²) in [5.41, 5.74) is 4.60. The van der Waals surface area contributed by atoms with E-state index in [4.69, 9.17) is 36.9 Å². The van der Waals surface area contributed by atoms with E-state index in [0.717, 1.165) is 67.5 Å². The number of ether oxygens (including phenoxy) is 1. The maximum absolute atomic E-state index is 11.7. The fraction of sp³-hybridized carbons (Fsp3) is 0.400. The van der Waals surface area contributed by atoms with Gasteiger partial charge in [0.2, 0.25) is 0 Å². The summed E-state index contributed by atoms with van der Waals surface area (Å²) in [6, 6.07) is 13.5. The number of benzene rings is 2. The highest BCUT2D eigenvalue weighted by atomic mass is 35.5. The number of furan rings is 1. The molecule has 4 aromatic rings. The third-order valence-electron chi connectivity index (χ3n) is 8.40. The summed E-state index contributed by atoms with van der Waals surface area (Å²) in [6.45, 7) is 4.01. The number of carbonyl (C=O) groups is 1. The van der Waals surface area contributed by atoms with E-state index in [1.807, 2.05) is 30.3 Å². The van der Waals surface area contributed by atoms with Crippen molar-refractivity contribution in [3.05, 3.63) is 69.6 Å². The first-order valence-corrected chi connectivity index (χ1v) is 14.0. The van der Waals surface area contributed by atoms with E-state index >= 15 is 0 Å². The number of rotatable bonds is 7. The Kier molecular flexibility index (Phi) is 5.84. The molecule has 1 saturated heterocycles. The Morgan fingerprint density at radius 3 is 2.68 bits per heavy atom. The molecule has 1 spiro atoms. The maximum Gasteiger partial charge on any atom is 0.194 e. The molecule has 2 aliphatic carbocycles. The van der Waals surface area contributed by atoms with Gasteiger partial charge in [0.15, 0.2) is 11.5 Å². The molecule has 2 aromatic heterocycles. The molecule has 3 fully saturated rings. The third kappa shape index (κ3) is 4.23. The van der Waals surface area contributed by atoms with Gasteiger partial charge in [-0.05, 0) is 73.9 Å². The monoisotopic (exact) mass is 550 g/mol. The highest BCUT2D eigenvalue weighted by Crippen LogP contribution is 2.51. The van der Waals surface area contributed by atoms with Crippen LogP contribution >= 0.6 is 23.2 Å². The van der Waals surface area contributed by atoms with Crippen molar-refractivity contribution in [2.24, 2.45) is 5.41 Å². The van der Waals surface area contributed by atoms with Crippen molar-refractivity contribution in [3.8, 4) is 11.3 Å². The molecule has 0 bridgehead atoms. The molecular formula is C30H28Cl2N2O4. The summed E-state index contributed by atoms with van der Waals surface area (Å²) in [5.74, 6) is 1.68. The quantitative estimate of drug-likeness (QED) is 0.217. The SMILES string of the molecule is CC(=O)c1cc2cc(N3CCC4(CC(OCc5c(-c6c(Cl)cccc6Cl)noc5C5CC5)C4)C3)ccc2o1. The molecule has 0 atom stereocenters. The van der Waals surface area contributed by atoms with Gasteiger partial charge >= 0.3 is 0 Å². The van der Waals surface area contributed by atoms with Crippen molar-refractivity contribution in [2.75, 3.05) is 18.0 Å². The van der Waals surface area contributed by atoms with Crippen molar-refractivity contribution in [3.63, 3.8) is 0 Å². The second-order valence-corrected chi connectivity index (χ2v) is 12.0. The summed E-state index contributed by atoms with van der Waals surface area (Å²) >= 11 is 13.0. The van der Waals surface area contributed by atoms with E-state index in [-0.39, 0.29) is 17.3 Å². The molecule has 8 heteroatoms. The van der Waals surface area contributed by atoms with E-state index in [2.05, 4.69) is 22.2 Å². The third-order valence-corrected chi connectivity index (χ3v) is 9.03. The zero-order valence-corrected chi connectivity index (χ0v) is 22.6. The van der Waals surface area contributed by atoms with Crippen molar-refractivity contribution >= 4 is 45.6 Å². The fourth-order valence-electron chi connectivity index (χ4n) is 6.16. The summed E-state index contributed by atoms with van der Waals surface area (Å²) in [6.07, 6.45) is 5.66. The molecule has 2 aromatic carbocycles. The highest BCUT2D eigenvalue weighted by Gasteiger charge is 2.49. The second kappa shape index (κ2) is 9.15. The Labute approximate surface area is 230 Å². The molecule has 3 aliphatic rings. The van der Waals surface area contributed by atoms with Crippen LogP contribution in [0.3, 0.4) is 0 Å². The van der Waals surface area contributed by atoms with Crippen LogP contribution in [0.1, 0.15) is 66.8 Å². The maximum atomic E-state index is 11.7. The standard InChI is InChI=1S/C30H28Cl2N2O4/c1-17(35)26-12-19-11-20(7-8-25(19)37-26)34-10-9-30(16-34)13-21(14-30)36-15-22-28(33-38-29(22)18-5-6-18)27-23(31)3-2-4-24(27)32/h2-4,7-8,11-12,18,21H,5-6,9-10,13-16H2,1H3. The largest absolute Gasteiger partial charge is 0.453 e. The van der Waals surface area contributed by atoms with Crippen LogP contribution in [-0.2, 0) is 11.3 Å². The summed E-state index contributed by atoms with van der Waals surface area (Å²) in [4.78, 5) is 14.1. The topological polar surface area (TPSA) is 68.7 Å². The molecule has 1 aliphatic heterocycles. The van der Waals surface area contributed by atoms with Crippen LogP contribution in [0.4, 0.5) is 5.69 Å². The molecule has 3 heterocycles. The van der Waals surface area contributed by atoms with E-state index < -0.39 is 0 Å². The number of hydrogen-bond acceptors (Lipinski definition) is 6. The van der Waals surface area contributed by atoms with Crippen LogP contribution in [-0.4, -0.2) is 30.1 Å². The van der Waals surface area contributed by atoms with Gasteiger partial charge in [0.1, 0.15) is 17.0 Å². The Morgan fingerprint density at radius 2 is 1.95 bits per heavy atom. The predicted molar refractivity (Wildman–Crippen MR) is 147 cm³/mol. The number of aromatic nitrogens is 1. The molecule has 6 nitrogen and oxygen atoms in total. The lowest BCUT2D eigenvalue weighted by Crippen LogP contribution is -2.44. The summed E-state index contributed by atoms with van der Waals surface area (Å²) in [7, 11) is 0. The Morgan fingerprint density at radius 1 is 1.16 bits per heavy atom. The molecule has 0 radical (unpaired) electrons. The number of Topliss-reactive ketones (excluding diaryl/α,β-unsaturated/α-hetero) is 1. The van der Waals surface area contributed by atoms with Gasteiger partial charge in [-0.1, -0.05) is 34.4 Å². The molecule has 38 heavy (non-hydrogen) atoms. The highest BCUT2D eigenvalue weighted by molar-refractivity contribution is 6.39. The van der Waals surface area contributed by atoms with Gasteiger partial charge in [-0.2, -0.15) is 0 Å². The first kappa shape index (κ1) is 24.3. The molecule has 196 valence electrons. The number of halogens is 2. The van der Waals surface area contributed by atoms with E-state index in [0.29, 0.717) is 39.6 Å². The number of nitrogens with zero attached hydrogens (tertiary/aromatic N) is 2. The van der Waals surface area contributed by atoms with Crippen LogP contribution in [0.15, 0.2) is 51.4 Å². The molecule has 0 amide bonds. The van der Waals surface area contributed by atoms with Crippen molar-refractivity contribution in [1.82, 2.24) is 5.16 Å². The number of anilines is 1. The van der Waals surface area contributed by atoms with Crippen LogP contribution in [0.2, 0.25) is 10.0 Å². The lowest BCUT2D eigenvalue weighted by atomic mass is 9.66. The van der Waals surface area contributed by atoms with Gasteiger partial charge in [0, 0.05) is 48.1 Å². The molecular weight excluding hydrogens is 523 g/mol. The van der Waals surface area contributed by atoms with Crippen LogP contribution in [0, 0.1) is 5.41 Å². The molecule has 7 rings (SSSR count). The minimum Gasteiger partial charge on any atom is -0.453 e. The minimum atomic E-state index is -0.0547. The van der Waals surface area contributed by atoms with Gasteiger partial charge < -0.3 is 18.6 Å². The van der Waals surface area contributed by atoms with Crippen molar-refractivity contribution in [1.29, 1.82) is 0 Å². The zero-order chi connectivity index (χ0) is 26.0. The fourth-order valence-corrected chi connectivity index (χ4v) is 6.74. The molecule has 0 unspecified atom stereocenters. The van der Waals surface area contributed by atoms with Gasteiger partial charge in [-0.15, -0.1) is 0 Å². The lowest BCUT2D eigenvalue weighted by Gasteiger charge is -2.45. The second-order valence-electron chi connectivity index (χ2n) is 11.1. The van der Waals surface area contributed by atoms with E-state index in [1.54, 1.807) is 0 Å². The predicted octanol–water partition coefficient (Wildman–Crippen LogP) is 8.05. The van der Waals surface area contributed by atoms with Gasteiger partial charge in [-0.3, -0.25) is 4.79 Å². The smallest absolute Gasteiger partial charge is 0.194 e. The average molecular weight is 551 g/mol. The van der Waals surface area contributed by atoms with E-state index in [9.17, 15) is 4.79 Å². The van der Waals surface area contributed by atoms with Gasteiger partial charge in [0.05, 0.1) is 22.8 Å². The van der Waals surface area contributed by atoms with Crippen LogP contribution in [0.5, 0.6) is 0 Å². The van der Waals surface area contributed by atoms with Gasteiger partial charge in [-0.25, -0.2) is 0 Å². The van der Waals surface area contributed by atoms with Gasteiger partial charge in [0.25, 0.3) is 0 Å². The van der Waals surface area contributed by atoms with E-state index in [1.165, 1.54) is 12.6 Å². The summed E-state index contributed by atoms with van der Waals surface area (Å²) < 4.78 is 17.9.